The van der Waals surface area contributed by atoms with Crippen LogP contribution in [0.15, 0.2) is 27.5 Å². The third-order valence-corrected chi connectivity index (χ3v) is 4.56. The summed E-state index contributed by atoms with van der Waals surface area (Å²) in [5, 5.41) is 4.04. The minimum absolute atomic E-state index is 0.00921. The summed E-state index contributed by atoms with van der Waals surface area (Å²) in [5.41, 5.74) is 0.531. The Morgan fingerprint density at radius 3 is 2.65 bits per heavy atom. The predicted molar refractivity (Wildman–Crippen MR) is 96.2 cm³/mol. The molecule has 6 heteroatoms. The van der Waals surface area contributed by atoms with E-state index in [1.165, 1.54) is 0 Å². The maximum atomic E-state index is 13.1. The molecule has 0 bridgehead atoms. The van der Waals surface area contributed by atoms with Crippen molar-refractivity contribution in [2.24, 2.45) is 0 Å². The van der Waals surface area contributed by atoms with Gasteiger partial charge in [0.2, 0.25) is 5.95 Å². The normalized spacial score (nSPS) is 16.7. The standard InChI is InChI=1S/C17H22BrN3O2/c1-17(2,3)20-16-19-14-12(5-4-6-13(14)18)15(22)21(16)11-7-9-23-10-8-11/h4-6,11H,7-10H2,1-3H3,(H,19,20). The molecule has 1 fully saturated rings. The van der Waals surface area contributed by atoms with Gasteiger partial charge in [-0.2, -0.15) is 0 Å². The van der Waals surface area contributed by atoms with E-state index in [9.17, 15) is 4.79 Å². The van der Waals surface area contributed by atoms with Crippen LogP contribution in [0.1, 0.15) is 39.7 Å². The highest BCUT2D eigenvalue weighted by Gasteiger charge is 2.24. The Labute approximate surface area is 144 Å². The molecule has 0 spiro atoms. The van der Waals surface area contributed by atoms with Crippen LogP contribution >= 0.6 is 15.9 Å². The highest BCUT2D eigenvalue weighted by molar-refractivity contribution is 9.10. The van der Waals surface area contributed by atoms with Crippen LogP contribution < -0.4 is 10.9 Å². The van der Waals surface area contributed by atoms with Crippen molar-refractivity contribution < 1.29 is 4.74 Å². The number of benzene rings is 1. The van der Waals surface area contributed by atoms with Gasteiger partial charge in [-0.1, -0.05) is 6.07 Å². The molecule has 1 N–H and O–H groups in total. The Morgan fingerprint density at radius 2 is 2.00 bits per heavy atom. The van der Waals surface area contributed by atoms with E-state index >= 15 is 0 Å². The number of fused-ring (bicyclic) bond motifs is 1. The molecular weight excluding hydrogens is 358 g/mol. The molecule has 0 radical (unpaired) electrons. The molecule has 1 aliphatic heterocycles. The summed E-state index contributed by atoms with van der Waals surface area (Å²) in [6.07, 6.45) is 1.67. The van der Waals surface area contributed by atoms with Crippen LogP contribution in [0.3, 0.4) is 0 Å². The average molecular weight is 380 g/mol. The maximum absolute atomic E-state index is 13.1. The number of anilines is 1. The number of hydrogen-bond donors (Lipinski definition) is 1. The number of rotatable bonds is 2. The molecule has 23 heavy (non-hydrogen) atoms. The molecular formula is C17H22BrN3O2. The molecule has 0 amide bonds. The van der Waals surface area contributed by atoms with Crippen molar-refractivity contribution >= 4 is 32.8 Å². The number of nitrogens with one attached hydrogen (secondary N) is 1. The number of aromatic nitrogens is 2. The summed E-state index contributed by atoms with van der Waals surface area (Å²) >= 11 is 3.51. The van der Waals surface area contributed by atoms with Gasteiger partial charge in [0, 0.05) is 29.3 Å². The highest BCUT2D eigenvalue weighted by Crippen LogP contribution is 2.27. The van der Waals surface area contributed by atoms with E-state index in [-0.39, 0.29) is 17.1 Å². The lowest BCUT2D eigenvalue weighted by Gasteiger charge is -2.30. The zero-order valence-electron chi connectivity index (χ0n) is 13.7. The first-order valence-corrected chi connectivity index (χ1v) is 8.73. The number of para-hydroxylation sites is 1. The van der Waals surface area contributed by atoms with Gasteiger partial charge >= 0.3 is 0 Å². The fourth-order valence-corrected chi connectivity index (χ4v) is 3.35. The molecule has 2 aromatic rings. The van der Waals surface area contributed by atoms with Gasteiger partial charge in [0.15, 0.2) is 0 Å². The molecule has 1 saturated heterocycles. The van der Waals surface area contributed by atoms with Crippen molar-refractivity contribution in [1.82, 2.24) is 9.55 Å². The lowest BCUT2D eigenvalue weighted by molar-refractivity contribution is 0.0690. The third kappa shape index (κ3) is 3.43. The molecule has 0 unspecified atom stereocenters. The van der Waals surface area contributed by atoms with Crippen molar-refractivity contribution in [3.63, 3.8) is 0 Å². The summed E-state index contributed by atoms with van der Waals surface area (Å²) in [7, 11) is 0. The predicted octanol–water partition coefficient (Wildman–Crippen LogP) is 3.72. The van der Waals surface area contributed by atoms with Gasteiger partial charge in [-0.3, -0.25) is 9.36 Å². The van der Waals surface area contributed by atoms with Crippen LogP contribution in [-0.4, -0.2) is 28.3 Å². The zero-order chi connectivity index (χ0) is 16.6. The fourth-order valence-electron chi connectivity index (χ4n) is 2.89. The van der Waals surface area contributed by atoms with Crippen LogP contribution in [0.4, 0.5) is 5.95 Å². The number of nitrogens with zero attached hydrogens (tertiary/aromatic N) is 2. The molecule has 3 rings (SSSR count). The Bertz CT molecular complexity index is 774. The van der Waals surface area contributed by atoms with Crippen molar-refractivity contribution in [2.45, 2.75) is 45.2 Å². The topological polar surface area (TPSA) is 56.2 Å². The van der Waals surface area contributed by atoms with Crippen molar-refractivity contribution in [2.75, 3.05) is 18.5 Å². The van der Waals surface area contributed by atoms with Gasteiger partial charge in [0.25, 0.3) is 5.56 Å². The SMILES string of the molecule is CC(C)(C)Nc1nc2c(Br)cccc2c(=O)n1C1CCOCC1. The van der Waals surface area contributed by atoms with E-state index in [0.717, 1.165) is 17.3 Å². The average Bonchev–Trinajstić information content (AvgIpc) is 2.48. The molecule has 124 valence electrons. The number of hydrogen-bond acceptors (Lipinski definition) is 4. The minimum atomic E-state index is -0.179. The number of ether oxygens (including phenoxy) is 1. The molecule has 1 aromatic heterocycles. The third-order valence-electron chi connectivity index (χ3n) is 3.92. The largest absolute Gasteiger partial charge is 0.381 e. The molecule has 0 atom stereocenters. The summed E-state index contributed by atoms with van der Waals surface area (Å²) < 4.78 is 8.10. The quantitative estimate of drug-likeness (QED) is 0.863. The first-order valence-electron chi connectivity index (χ1n) is 7.93. The summed E-state index contributed by atoms with van der Waals surface area (Å²) in [4.78, 5) is 17.9. The van der Waals surface area contributed by atoms with Crippen molar-refractivity contribution in [3.05, 3.63) is 33.0 Å². The van der Waals surface area contributed by atoms with E-state index in [2.05, 4.69) is 42.0 Å². The smallest absolute Gasteiger partial charge is 0.263 e. The number of halogens is 1. The van der Waals surface area contributed by atoms with Crippen molar-refractivity contribution in [3.8, 4) is 0 Å². The van der Waals surface area contributed by atoms with Crippen LogP contribution in [-0.2, 0) is 4.74 Å². The van der Waals surface area contributed by atoms with Gasteiger partial charge in [-0.25, -0.2) is 4.98 Å². The second-order valence-electron chi connectivity index (χ2n) is 6.97. The second-order valence-corrected chi connectivity index (χ2v) is 7.82. The lowest BCUT2D eigenvalue weighted by atomic mass is 10.1. The van der Waals surface area contributed by atoms with E-state index < -0.39 is 0 Å². The molecule has 0 saturated carbocycles. The zero-order valence-corrected chi connectivity index (χ0v) is 15.3. The van der Waals surface area contributed by atoms with Gasteiger partial charge in [0.05, 0.1) is 10.9 Å². The molecule has 0 aliphatic carbocycles. The first kappa shape index (κ1) is 16.5. The molecule has 2 heterocycles. The molecule has 1 aromatic carbocycles. The summed E-state index contributed by atoms with van der Waals surface area (Å²) in [6.45, 7) is 7.57. The Kier molecular flexibility index (Phi) is 4.47. The Balaban J connectivity index is 2.23. The van der Waals surface area contributed by atoms with E-state index in [1.54, 1.807) is 0 Å². The monoisotopic (exact) mass is 379 g/mol. The van der Waals surface area contributed by atoms with E-state index in [4.69, 9.17) is 9.72 Å². The molecule has 1 aliphatic rings. The minimum Gasteiger partial charge on any atom is -0.381 e. The Morgan fingerprint density at radius 1 is 1.30 bits per heavy atom. The van der Waals surface area contributed by atoms with Gasteiger partial charge in [0.1, 0.15) is 0 Å². The molecule has 5 nitrogen and oxygen atoms in total. The van der Waals surface area contributed by atoms with Gasteiger partial charge in [-0.15, -0.1) is 0 Å². The van der Waals surface area contributed by atoms with Gasteiger partial charge in [-0.05, 0) is 61.7 Å². The van der Waals surface area contributed by atoms with Crippen LogP contribution in [0, 0.1) is 0 Å². The van der Waals surface area contributed by atoms with Crippen LogP contribution in [0.2, 0.25) is 0 Å². The summed E-state index contributed by atoms with van der Waals surface area (Å²) in [5.74, 6) is 0.633. The van der Waals surface area contributed by atoms with Crippen molar-refractivity contribution in [1.29, 1.82) is 0 Å². The maximum Gasteiger partial charge on any atom is 0.263 e. The van der Waals surface area contributed by atoms with Gasteiger partial charge < -0.3 is 10.1 Å². The van der Waals surface area contributed by atoms with Crippen LogP contribution in [0.5, 0.6) is 0 Å². The Hall–Kier alpha value is -1.40. The van der Waals surface area contributed by atoms with E-state index in [1.807, 2.05) is 22.8 Å². The fraction of sp³-hybridized carbons (Fsp3) is 0.529. The van der Waals surface area contributed by atoms with E-state index in [0.29, 0.717) is 30.1 Å². The second kappa shape index (κ2) is 6.24. The summed E-state index contributed by atoms with van der Waals surface area (Å²) in [6, 6.07) is 5.75. The highest BCUT2D eigenvalue weighted by atomic mass is 79.9. The first-order chi connectivity index (χ1) is 10.9. The van der Waals surface area contributed by atoms with Crippen LogP contribution in [0.25, 0.3) is 10.9 Å². The lowest BCUT2D eigenvalue weighted by Crippen LogP contribution is -2.36.